The Morgan fingerprint density at radius 1 is 1.07 bits per heavy atom. The molecule has 2 atom stereocenters. The average Bonchev–Trinajstić information content (AvgIpc) is 3.08. The quantitative estimate of drug-likeness (QED) is 0.674. The number of aromatic nitrogens is 2. The van der Waals surface area contributed by atoms with Gasteiger partial charge in [-0.3, -0.25) is 19.5 Å². The second-order valence-corrected chi connectivity index (χ2v) is 7.29. The molecule has 3 aromatic rings. The van der Waals surface area contributed by atoms with E-state index in [-0.39, 0.29) is 17.9 Å². The number of nitrogens with zero attached hydrogens (tertiary/aromatic N) is 4. The third kappa shape index (κ3) is 2.66. The van der Waals surface area contributed by atoms with E-state index in [4.69, 9.17) is 4.74 Å². The van der Waals surface area contributed by atoms with E-state index in [1.165, 1.54) is 0 Å². The summed E-state index contributed by atoms with van der Waals surface area (Å²) in [4.78, 5) is 38.0. The van der Waals surface area contributed by atoms with Crippen molar-refractivity contribution in [2.75, 3.05) is 16.3 Å². The van der Waals surface area contributed by atoms with Gasteiger partial charge in [-0.05, 0) is 49.2 Å². The normalized spacial score (nSPS) is 20.1. The maximum atomic E-state index is 13.3. The van der Waals surface area contributed by atoms with Crippen molar-refractivity contribution in [2.24, 2.45) is 0 Å². The monoisotopic (exact) mass is 400 g/mol. The number of ether oxygens (including phenoxy) is 1. The number of rotatable bonds is 3. The Morgan fingerprint density at radius 3 is 2.67 bits per heavy atom. The molecule has 7 heteroatoms. The number of carbonyl (C=O) groups is 2. The minimum Gasteiger partial charge on any atom is -0.463 e. The lowest BCUT2D eigenvalue weighted by molar-refractivity contribution is -0.125. The number of hydrogen-bond acceptors (Lipinski definition) is 5. The fraction of sp³-hybridized carbons (Fsp3) is 0.217. The van der Waals surface area contributed by atoms with E-state index in [0.29, 0.717) is 29.5 Å². The molecule has 2 aliphatic heterocycles. The van der Waals surface area contributed by atoms with Gasteiger partial charge >= 0.3 is 0 Å². The first-order valence-corrected chi connectivity index (χ1v) is 9.91. The van der Waals surface area contributed by atoms with Crippen LogP contribution in [0.5, 0.6) is 5.88 Å². The fourth-order valence-electron chi connectivity index (χ4n) is 4.15. The van der Waals surface area contributed by atoms with Crippen LogP contribution in [0.3, 0.4) is 0 Å². The second-order valence-electron chi connectivity index (χ2n) is 7.29. The molecule has 5 rings (SSSR count). The van der Waals surface area contributed by atoms with Crippen LogP contribution in [0, 0.1) is 0 Å². The van der Waals surface area contributed by atoms with Crippen LogP contribution < -0.4 is 14.5 Å². The predicted octanol–water partition coefficient (Wildman–Crippen LogP) is 3.36. The van der Waals surface area contributed by atoms with E-state index >= 15 is 0 Å². The highest BCUT2D eigenvalue weighted by Crippen LogP contribution is 2.42. The van der Waals surface area contributed by atoms with E-state index in [1.807, 2.05) is 43.3 Å². The molecule has 0 saturated carbocycles. The van der Waals surface area contributed by atoms with Crippen molar-refractivity contribution in [3.8, 4) is 5.88 Å². The Balaban J connectivity index is 1.64. The second kappa shape index (κ2) is 6.95. The van der Waals surface area contributed by atoms with E-state index in [0.717, 1.165) is 11.1 Å². The minimum absolute atomic E-state index is 0.0996. The SMILES string of the molecule is CCN1C(=O)C(C)Oc2nc(N3C(=O)c4ccccc4C3c3cccnc3)ccc21. The molecule has 0 fully saturated rings. The van der Waals surface area contributed by atoms with Gasteiger partial charge in [-0.1, -0.05) is 24.3 Å². The Kier molecular flexibility index (Phi) is 4.24. The highest BCUT2D eigenvalue weighted by Gasteiger charge is 2.40. The van der Waals surface area contributed by atoms with Crippen LogP contribution in [-0.2, 0) is 4.79 Å². The summed E-state index contributed by atoms with van der Waals surface area (Å²) in [5, 5.41) is 0. The highest BCUT2D eigenvalue weighted by atomic mass is 16.5. The Labute approximate surface area is 173 Å². The molecule has 2 amide bonds. The summed E-state index contributed by atoms with van der Waals surface area (Å²) in [7, 11) is 0. The van der Waals surface area contributed by atoms with Crippen LogP contribution in [-0.4, -0.2) is 34.4 Å². The summed E-state index contributed by atoms with van der Waals surface area (Å²) in [6.07, 6.45) is 2.85. The van der Waals surface area contributed by atoms with Gasteiger partial charge in [0.25, 0.3) is 11.8 Å². The Bertz CT molecular complexity index is 1150. The number of carbonyl (C=O) groups excluding carboxylic acids is 2. The van der Waals surface area contributed by atoms with Crippen LogP contribution >= 0.6 is 0 Å². The first kappa shape index (κ1) is 18.3. The van der Waals surface area contributed by atoms with Crippen LogP contribution in [0.25, 0.3) is 0 Å². The molecule has 0 radical (unpaired) electrons. The first-order chi connectivity index (χ1) is 14.6. The standard InChI is InChI=1S/C23H20N4O3/c1-3-26-18-10-11-19(25-21(18)30-14(2)22(26)28)27-20(15-7-6-12-24-13-15)16-8-4-5-9-17(16)23(27)29/h4-14,20H,3H2,1-2H3. The van der Waals surface area contributed by atoms with Crippen molar-refractivity contribution in [3.63, 3.8) is 0 Å². The van der Waals surface area contributed by atoms with Gasteiger partial charge in [0.05, 0.1) is 6.04 Å². The Morgan fingerprint density at radius 2 is 1.90 bits per heavy atom. The zero-order valence-electron chi connectivity index (χ0n) is 16.6. The van der Waals surface area contributed by atoms with Crippen molar-refractivity contribution in [2.45, 2.75) is 26.0 Å². The molecule has 0 saturated heterocycles. The minimum atomic E-state index is -0.624. The smallest absolute Gasteiger partial charge is 0.267 e. The number of anilines is 2. The zero-order valence-corrected chi connectivity index (χ0v) is 16.6. The highest BCUT2D eigenvalue weighted by molar-refractivity contribution is 6.11. The average molecular weight is 400 g/mol. The Hall–Kier alpha value is -3.74. The van der Waals surface area contributed by atoms with Crippen molar-refractivity contribution in [1.29, 1.82) is 0 Å². The number of amides is 2. The van der Waals surface area contributed by atoms with Gasteiger partial charge in [0.1, 0.15) is 11.5 Å². The summed E-state index contributed by atoms with van der Waals surface area (Å²) >= 11 is 0. The third-order valence-electron chi connectivity index (χ3n) is 5.54. The van der Waals surface area contributed by atoms with E-state index < -0.39 is 6.10 Å². The van der Waals surface area contributed by atoms with Gasteiger partial charge in [0, 0.05) is 24.5 Å². The van der Waals surface area contributed by atoms with Crippen LogP contribution in [0.4, 0.5) is 11.5 Å². The number of benzene rings is 1. The number of pyridine rings is 2. The lowest BCUT2D eigenvalue weighted by atomic mass is 9.99. The molecule has 4 heterocycles. The summed E-state index contributed by atoms with van der Waals surface area (Å²) < 4.78 is 5.78. The lowest BCUT2D eigenvalue weighted by Crippen LogP contribution is -2.44. The number of hydrogen-bond donors (Lipinski definition) is 0. The number of likely N-dealkylation sites (N-methyl/N-ethyl adjacent to an activating group) is 1. The molecule has 1 aromatic carbocycles. The summed E-state index contributed by atoms with van der Waals surface area (Å²) in [5.41, 5.74) is 3.07. The van der Waals surface area contributed by atoms with Crippen molar-refractivity contribution < 1.29 is 14.3 Å². The van der Waals surface area contributed by atoms with Crippen LogP contribution in [0.2, 0.25) is 0 Å². The predicted molar refractivity (Wildman–Crippen MR) is 112 cm³/mol. The molecule has 0 spiro atoms. The summed E-state index contributed by atoms with van der Waals surface area (Å²) in [6.45, 7) is 4.14. The summed E-state index contributed by atoms with van der Waals surface area (Å²) in [5.74, 6) is 0.605. The van der Waals surface area contributed by atoms with Gasteiger partial charge in [-0.2, -0.15) is 4.98 Å². The van der Waals surface area contributed by atoms with Gasteiger partial charge < -0.3 is 9.64 Å². The van der Waals surface area contributed by atoms with E-state index in [1.54, 1.807) is 41.2 Å². The lowest BCUT2D eigenvalue weighted by Gasteiger charge is -2.32. The van der Waals surface area contributed by atoms with Gasteiger partial charge in [0.2, 0.25) is 5.88 Å². The van der Waals surface area contributed by atoms with Crippen LogP contribution in [0.15, 0.2) is 60.9 Å². The molecule has 0 N–H and O–H groups in total. The maximum Gasteiger partial charge on any atom is 0.267 e. The van der Waals surface area contributed by atoms with Gasteiger partial charge in [-0.15, -0.1) is 0 Å². The van der Waals surface area contributed by atoms with Crippen molar-refractivity contribution >= 4 is 23.3 Å². The van der Waals surface area contributed by atoms with E-state index in [2.05, 4.69) is 9.97 Å². The van der Waals surface area contributed by atoms with Crippen molar-refractivity contribution in [3.05, 3.63) is 77.6 Å². The topological polar surface area (TPSA) is 75.6 Å². The molecule has 2 unspecified atom stereocenters. The maximum absolute atomic E-state index is 13.3. The van der Waals surface area contributed by atoms with E-state index in [9.17, 15) is 9.59 Å². The molecule has 0 bridgehead atoms. The van der Waals surface area contributed by atoms with Crippen LogP contribution in [0.1, 0.15) is 41.4 Å². The molecule has 7 nitrogen and oxygen atoms in total. The number of fused-ring (bicyclic) bond motifs is 2. The molecule has 2 aromatic heterocycles. The van der Waals surface area contributed by atoms with Gasteiger partial charge in [0.15, 0.2) is 6.10 Å². The largest absolute Gasteiger partial charge is 0.463 e. The fourth-order valence-corrected chi connectivity index (χ4v) is 4.15. The molecular formula is C23H20N4O3. The zero-order chi connectivity index (χ0) is 20.8. The first-order valence-electron chi connectivity index (χ1n) is 9.91. The summed E-state index contributed by atoms with van der Waals surface area (Å²) in [6, 6.07) is 14.6. The molecule has 30 heavy (non-hydrogen) atoms. The molecular weight excluding hydrogens is 380 g/mol. The molecule has 150 valence electrons. The third-order valence-corrected chi connectivity index (χ3v) is 5.54. The van der Waals surface area contributed by atoms with Crippen molar-refractivity contribution in [1.82, 2.24) is 9.97 Å². The van der Waals surface area contributed by atoms with Gasteiger partial charge in [-0.25, -0.2) is 0 Å². The molecule has 0 aliphatic carbocycles. The molecule has 2 aliphatic rings.